The highest BCUT2D eigenvalue weighted by molar-refractivity contribution is 7.92. The van der Waals surface area contributed by atoms with Gasteiger partial charge in [0.2, 0.25) is 0 Å². The molecule has 0 aliphatic rings. The third-order valence-electron chi connectivity index (χ3n) is 2.39. The maximum absolute atomic E-state index is 11.9. The second-order valence-corrected chi connectivity index (χ2v) is 5.58. The van der Waals surface area contributed by atoms with Crippen molar-refractivity contribution < 1.29 is 8.42 Å². The van der Waals surface area contributed by atoms with Crippen LogP contribution in [0.5, 0.6) is 0 Å². The first-order chi connectivity index (χ1) is 8.56. The van der Waals surface area contributed by atoms with Crippen LogP contribution in [-0.4, -0.2) is 13.9 Å². The summed E-state index contributed by atoms with van der Waals surface area (Å²) in [4.78, 5) is 5.66. The zero-order valence-electron chi connectivity index (χ0n) is 9.70. The summed E-state index contributed by atoms with van der Waals surface area (Å²) in [6, 6.07) is 6.27. The minimum atomic E-state index is -3.87. The van der Waals surface area contributed by atoms with Gasteiger partial charge >= 0.3 is 15.3 Å². The number of hydrogen-bond acceptors (Lipinski definition) is 2. The maximum atomic E-state index is 11.9. The van der Waals surface area contributed by atoms with Crippen molar-refractivity contribution in [3.05, 3.63) is 65.3 Å². The summed E-state index contributed by atoms with van der Waals surface area (Å²) in [5.41, 5.74) is -0.687. The zero-order chi connectivity index (χ0) is 13.6. The van der Waals surface area contributed by atoms with E-state index in [2.05, 4.69) is 16.3 Å². The first-order valence-corrected chi connectivity index (χ1v) is 6.77. The van der Waals surface area contributed by atoms with E-state index in [1.54, 1.807) is 18.2 Å². The molecule has 1 rings (SSSR count). The van der Waals surface area contributed by atoms with Crippen LogP contribution in [-0.2, 0) is 16.3 Å². The van der Waals surface area contributed by atoms with Gasteiger partial charge in [-0.05, 0) is 30.5 Å². The Labute approximate surface area is 107 Å². The molecule has 0 aliphatic carbocycles. The van der Waals surface area contributed by atoms with Gasteiger partial charge in [-0.25, -0.2) is 31.3 Å². The Morgan fingerprint density at radius 2 is 1.78 bits per heavy atom. The van der Waals surface area contributed by atoms with E-state index in [-0.39, 0.29) is 4.90 Å². The van der Waals surface area contributed by atoms with Crippen LogP contribution in [0.15, 0.2) is 41.8 Å². The summed E-state index contributed by atoms with van der Waals surface area (Å²) in [6.07, 6.45) is 3.40. The Hall–Kier alpha value is -2.11. The van der Waals surface area contributed by atoms with E-state index in [4.69, 9.17) is 13.1 Å². The number of hydrogen-bond donors (Lipinski definition) is 0. The molecule has 0 radical (unpaired) electrons. The molecule has 92 valence electrons. The molecular weight excluding hydrogens is 248 g/mol. The first-order valence-electron chi connectivity index (χ1n) is 5.23. The Balaban J connectivity index is 3.03. The minimum absolute atomic E-state index is 0.0156. The topological polar surface area (TPSA) is 42.9 Å². The van der Waals surface area contributed by atoms with Gasteiger partial charge in [0, 0.05) is 0 Å². The second-order valence-electron chi connectivity index (χ2n) is 3.60. The van der Waals surface area contributed by atoms with Gasteiger partial charge in [0.1, 0.15) is 0 Å². The van der Waals surface area contributed by atoms with E-state index >= 15 is 0 Å². The number of benzene rings is 1. The largest absolute Gasteiger partial charge is 0.582 e. The van der Waals surface area contributed by atoms with Crippen LogP contribution in [0.4, 0.5) is 0 Å². The number of nitrogens with zero attached hydrogens (tertiary/aromatic N) is 2. The average molecular weight is 260 g/mol. The highest BCUT2D eigenvalue weighted by Gasteiger charge is 2.37. The van der Waals surface area contributed by atoms with Gasteiger partial charge in [-0.2, -0.15) is 0 Å². The number of aryl methyl sites for hydroxylation is 1. The normalized spacial score (nSPS) is 10.6. The molecular formula is C13H12N2O2S. The third-order valence-corrected chi connectivity index (χ3v) is 4.08. The van der Waals surface area contributed by atoms with Crippen molar-refractivity contribution in [3.8, 4) is 0 Å². The Bertz CT molecular complexity index is 590. The molecule has 18 heavy (non-hydrogen) atoms. The molecule has 0 saturated heterocycles. The molecule has 4 nitrogen and oxygen atoms in total. The van der Waals surface area contributed by atoms with E-state index in [1.165, 1.54) is 12.1 Å². The molecule has 0 heterocycles. The van der Waals surface area contributed by atoms with Crippen molar-refractivity contribution >= 4 is 9.84 Å². The lowest BCUT2D eigenvalue weighted by Crippen LogP contribution is -2.13. The van der Waals surface area contributed by atoms with Gasteiger partial charge in [0.05, 0.1) is 4.90 Å². The van der Waals surface area contributed by atoms with Crippen molar-refractivity contribution in [1.29, 1.82) is 0 Å². The quantitative estimate of drug-likeness (QED) is 0.603. The lowest BCUT2D eigenvalue weighted by molar-refractivity contribution is 0.593. The van der Waals surface area contributed by atoms with E-state index in [0.717, 1.165) is 18.4 Å². The van der Waals surface area contributed by atoms with Gasteiger partial charge in [-0.15, -0.1) is 6.58 Å². The molecule has 0 aromatic heterocycles. The van der Waals surface area contributed by atoms with Crippen molar-refractivity contribution in [2.75, 3.05) is 0 Å². The fraction of sp³-hybridized carbons (Fsp3) is 0.231. The molecule has 0 N–H and O–H groups in total. The van der Waals surface area contributed by atoms with E-state index in [0.29, 0.717) is 0 Å². The number of rotatable bonds is 5. The molecule has 0 saturated carbocycles. The third kappa shape index (κ3) is 2.97. The van der Waals surface area contributed by atoms with Crippen molar-refractivity contribution in [2.24, 2.45) is 0 Å². The monoisotopic (exact) mass is 260 g/mol. The number of sulfone groups is 1. The van der Waals surface area contributed by atoms with Crippen LogP contribution in [0.25, 0.3) is 9.69 Å². The molecule has 0 spiro atoms. The highest BCUT2D eigenvalue weighted by atomic mass is 32.2. The van der Waals surface area contributed by atoms with Gasteiger partial charge in [0.15, 0.2) is 0 Å². The van der Waals surface area contributed by atoms with Crippen LogP contribution in [0.1, 0.15) is 12.0 Å². The van der Waals surface area contributed by atoms with Crippen molar-refractivity contribution in [2.45, 2.75) is 23.2 Å². The molecule has 0 aliphatic heterocycles. The second kappa shape index (κ2) is 6.00. The van der Waals surface area contributed by atoms with Gasteiger partial charge in [-0.1, -0.05) is 18.2 Å². The lowest BCUT2D eigenvalue weighted by atomic mass is 10.1. The van der Waals surface area contributed by atoms with Crippen LogP contribution in [0.3, 0.4) is 0 Å². The highest BCUT2D eigenvalue weighted by Crippen LogP contribution is 2.19. The fourth-order valence-electron chi connectivity index (χ4n) is 1.40. The molecule has 0 bridgehead atoms. The standard InChI is InChI=1S/C13H12N2O2S/c1-4-5-6-11-7-9-12(10-8-11)18(16,17)13(14-2)15-3/h4,7-10,13H,1,5-6H2. The van der Waals surface area contributed by atoms with E-state index in [9.17, 15) is 8.42 Å². The summed E-state index contributed by atoms with van der Waals surface area (Å²) in [5.74, 6) is 0. The van der Waals surface area contributed by atoms with Crippen LogP contribution in [0, 0.1) is 13.1 Å². The fourth-order valence-corrected chi connectivity index (χ4v) is 2.44. The summed E-state index contributed by atoms with van der Waals surface area (Å²) in [6.45, 7) is 17.1. The summed E-state index contributed by atoms with van der Waals surface area (Å²) >= 11 is 0. The van der Waals surface area contributed by atoms with Crippen molar-refractivity contribution in [3.63, 3.8) is 0 Å². The average Bonchev–Trinajstić information content (AvgIpc) is 2.38. The van der Waals surface area contributed by atoms with Gasteiger partial charge in [0.25, 0.3) is 0 Å². The molecule has 1 aromatic rings. The summed E-state index contributed by atoms with van der Waals surface area (Å²) < 4.78 is 23.8. The van der Waals surface area contributed by atoms with Crippen molar-refractivity contribution in [1.82, 2.24) is 0 Å². The Kier molecular flexibility index (Phi) is 4.65. The zero-order valence-corrected chi connectivity index (χ0v) is 10.5. The molecule has 0 unspecified atom stereocenters. The Morgan fingerprint density at radius 3 is 2.22 bits per heavy atom. The van der Waals surface area contributed by atoms with Crippen LogP contribution >= 0.6 is 0 Å². The molecule has 0 atom stereocenters. The molecule has 0 fully saturated rings. The molecule has 0 amide bonds. The Morgan fingerprint density at radius 1 is 1.22 bits per heavy atom. The SMILES string of the molecule is [C-]#[N+]C([N+]#[C-])S(=O)(=O)c1ccc(CCC=C)cc1. The van der Waals surface area contributed by atoms with E-state index in [1.807, 2.05) is 0 Å². The first kappa shape index (κ1) is 14.0. The maximum Gasteiger partial charge on any atom is 0.582 e. The smallest absolute Gasteiger partial charge is 0.223 e. The molecule has 1 aromatic carbocycles. The van der Waals surface area contributed by atoms with E-state index < -0.39 is 15.3 Å². The van der Waals surface area contributed by atoms with Crippen LogP contribution in [0.2, 0.25) is 0 Å². The van der Waals surface area contributed by atoms with Gasteiger partial charge < -0.3 is 0 Å². The molecule has 5 heteroatoms. The van der Waals surface area contributed by atoms with Gasteiger partial charge in [-0.3, -0.25) is 0 Å². The summed E-state index contributed by atoms with van der Waals surface area (Å²) in [5, 5.41) is 0. The summed E-state index contributed by atoms with van der Waals surface area (Å²) in [7, 11) is -3.87. The predicted molar refractivity (Wildman–Crippen MR) is 69.1 cm³/mol. The van der Waals surface area contributed by atoms with Crippen LogP contribution < -0.4 is 0 Å². The number of allylic oxidation sites excluding steroid dienone is 1. The lowest BCUT2D eigenvalue weighted by Gasteiger charge is -2.01. The minimum Gasteiger partial charge on any atom is -0.223 e. The predicted octanol–water partition coefficient (Wildman–Crippen LogP) is 2.70.